The van der Waals surface area contributed by atoms with E-state index < -0.39 is 13.3 Å². The largest absolute Gasteiger partial charge is 0.514 e. The average Bonchev–Trinajstić information content (AvgIpc) is 2.83. The van der Waals surface area contributed by atoms with E-state index in [1.54, 1.807) is 24.9 Å². The normalized spacial score (nSPS) is 31.3. The lowest BCUT2D eigenvalue weighted by Crippen LogP contribution is -2.36. The maximum atomic E-state index is 12.7. The smallest absolute Gasteiger partial charge is 0.485 e. The van der Waals surface area contributed by atoms with Crippen molar-refractivity contribution in [3.8, 4) is 11.5 Å². The topological polar surface area (TPSA) is 61.8 Å². The van der Waals surface area contributed by atoms with Crippen molar-refractivity contribution in [1.82, 2.24) is 0 Å². The van der Waals surface area contributed by atoms with Crippen molar-refractivity contribution in [2.24, 2.45) is 17.8 Å². The van der Waals surface area contributed by atoms with Crippen LogP contribution in [0.25, 0.3) is 0 Å². The Morgan fingerprint density at radius 2 is 2.08 bits per heavy atom. The molecule has 1 heterocycles. The third-order valence-corrected chi connectivity index (χ3v) is 7.31. The summed E-state index contributed by atoms with van der Waals surface area (Å²) in [6, 6.07) is 5.12. The molecule has 1 aliphatic carbocycles. The number of hydrogen-bond acceptors (Lipinski definition) is 5. The zero-order chi connectivity index (χ0) is 18.2. The fourth-order valence-electron chi connectivity index (χ4n) is 3.91. The number of hydrogen-bond donors (Lipinski definition) is 0. The predicted octanol–water partition coefficient (Wildman–Crippen LogP) is 4.63. The van der Waals surface area contributed by atoms with Crippen LogP contribution in [0.2, 0.25) is 0 Å². The van der Waals surface area contributed by atoms with E-state index in [0.717, 1.165) is 12.8 Å². The van der Waals surface area contributed by atoms with E-state index in [9.17, 15) is 9.36 Å². The monoisotopic (exact) mass is 366 g/mol. The van der Waals surface area contributed by atoms with E-state index in [1.165, 1.54) is 6.42 Å². The maximum absolute atomic E-state index is 12.7. The van der Waals surface area contributed by atoms with Crippen LogP contribution in [0.1, 0.15) is 40.0 Å². The van der Waals surface area contributed by atoms with Gasteiger partial charge in [-0.15, -0.1) is 0 Å². The first kappa shape index (κ1) is 18.3. The van der Waals surface area contributed by atoms with Gasteiger partial charge in [-0.25, -0.2) is 4.79 Å². The average molecular weight is 366 g/mol. The highest BCUT2D eigenvalue weighted by atomic mass is 31.2. The van der Waals surface area contributed by atoms with Crippen LogP contribution in [0, 0.1) is 17.8 Å². The summed E-state index contributed by atoms with van der Waals surface area (Å²) in [5, 5.41) is 0.504. The zero-order valence-corrected chi connectivity index (χ0v) is 16.3. The lowest BCUT2D eigenvalue weighted by molar-refractivity contribution is -0.0135. The molecule has 0 spiro atoms. The zero-order valence-electron chi connectivity index (χ0n) is 15.4. The lowest BCUT2D eigenvalue weighted by atomic mass is 9.75. The van der Waals surface area contributed by atoms with Crippen molar-refractivity contribution in [2.45, 2.75) is 46.1 Å². The Labute approximate surface area is 149 Å². The summed E-state index contributed by atoms with van der Waals surface area (Å²) in [5.41, 5.74) is 0. The van der Waals surface area contributed by atoms with Crippen molar-refractivity contribution in [3.63, 3.8) is 0 Å². The summed E-state index contributed by atoms with van der Waals surface area (Å²) < 4.78 is 29.2. The SMILES string of the molecule is CC(C)[C@H]1CC[C@H](C)C[C@@H]1OC(=O)Oc1cccc2c1[P@@](C)(=O)CO2. The van der Waals surface area contributed by atoms with Gasteiger partial charge in [0.2, 0.25) is 0 Å². The van der Waals surface area contributed by atoms with Crippen molar-refractivity contribution in [2.75, 3.05) is 13.0 Å². The molecule has 0 aromatic heterocycles. The first-order valence-electron chi connectivity index (χ1n) is 8.99. The van der Waals surface area contributed by atoms with Crippen LogP contribution >= 0.6 is 7.14 Å². The number of carbonyl (C=O) groups is 1. The molecule has 2 aliphatic rings. The van der Waals surface area contributed by atoms with Crippen molar-refractivity contribution >= 4 is 18.6 Å². The third-order valence-electron chi connectivity index (χ3n) is 5.30. The molecule has 1 fully saturated rings. The van der Waals surface area contributed by atoms with Crippen LogP contribution in [0.4, 0.5) is 4.79 Å². The molecule has 0 N–H and O–H groups in total. The summed E-state index contributed by atoms with van der Waals surface area (Å²) in [6.45, 7) is 8.16. The van der Waals surface area contributed by atoms with Crippen LogP contribution in [0.3, 0.4) is 0 Å². The molecule has 138 valence electrons. The fourth-order valence-corrected chi connectivity index (χ4v) is 5.62. The highest BCUT2D eigenvalue weighted by Crippen LogP contribution is 2.51. The van der Waals surface area contributed by atoms with Crippen molar-refractivity contribution in [3.05, 3.63) is 18.2 Å². The fraction of sp³-hybridized carbons (Fsp3) is 0.632. The number of benzene rings is 1. The Kier molecular flexibility index (Phi) is 5.15. The molecule has 0 saturated heterocycles. The highest BCUT2D eigenvalue weighted by Gasteiger charge is 2.37. The maximum Gasteiger partial charge on any atom is 0.514 e. The van der Waals surface area contributed by atoms with Gasteiger partial charge in [0.05, 0.1) is 5.30 Å². The van der Waals surface area contributed by atoms with Crippen LogP contribution in [-0.2, 0) is 9.30 Å². The Bertz CT molecular complexity index is 699. The molecule has 0 radical (unpaired) electrons. The lowest BCUT2D eigenvalue weighted by Gasteiger charge is -2.36. The Hall–Kier alpha value is -1.48. The van der Waals surface area contributed by atoms with Crippen LogP contribution < -0.4 is 14.8 Å². The number of ether oxygens (including phenoxy) is 3. The summed E-state index contributed by atoms with van der Waals surface area (Å²) in [4.78, 5) is 12.4. The molecule has 0 amide bonds. The summed E-state index contributed by atoms with van der Waals surface area (Å²) in [6.07, 6.45) is 2.39. The minimum atomic E-state index is -2.66. The Morgan fingerprint density at radius 3 is 2.80 bits per heavy atom. The molecular weight excluding hydrogens is 339 g/mol. The molecule has 0 bridgehead atoms. The minimum absolute atomic E-state index is 0.127. The molecule has 1 saturated carbocycles. The number of carbonyl (C=O) groups excluding carboxylic acids is 1. The second-order valence-electron chi connectivity index (χ2n) is 7.81. The molecule has 1 aromatic rings. The Balaban J connectivity index is 1.73. The van der Waals surface area contributed by atoms with Gasteiger partial charge in [0.1, 0.15) is 24.0 Å². The molecule has 0 unspecified atom stereocenters. The first-order chi connectivity index (χ1) is 11.8. The van der Waals surface area contributed by atoms with E-state index in [1.807, 2.05) is 0 Å². The van der Waals surface area contributed by atoms with Gasteiger partial charge in [-0.05, 0) is 49.4 Å². The molecule has 6 heteroatoms. The van der Waals surface area contributed by atoms with Gasteiger partial charge >= 0.3 is 6.16 Å². The van der Waals surface area contributed by atoms with E-state index >= 15 is 0 Å². The standard InChI is InChI=1S/C19H27O5P/c1-12(2)14-9-8-13(3)10-17(14)24-19(20)23-16-7-5-6-15-18(16)25(4,21)11-22-15/h5-7,12-14,17H,8-11H2,1-4H3/t13-,14+,17-,25-/m0/s1. The predicted molar refractivity (Wildman–Crippen MR) is 97.3 cm³/mol. The van der Waals surface area contributed by atoms with Gasteiger partial charge in [0.15, 0.2) is 7.14 Å². The van der Waals surface area contributed by atoms with Crippen molar-refractivity contribution < 1.29 is 23.6 Å². The van der Waals surface area contributed by atoms with Crippen molar-refractivity contribution in [1.29, 1.82) is 0 Å². The molecule has 5 nitrogen and oxygen atoms in total. The van der Waals surface area contributed by atoms with E-state index in [0.29, 0.717) is 28.8 Å². The van der Waals surface area contributed by atoms with E-state index in [-0.39, 0.29) is 18.2 Å². The summed E-state index contributed by atoms with van der Waals surface area (Å²) in [7, 11) is -2.66. The minimum Gasteiger partial charge on any atom is -0.485 e. The quantitative estimate of drug-likeness (QED) is 0.443. The molecular formula is C19H27O5P. The summed E-state index contributed by atoms with van der Waals surface area (Å²) >= 11 is 0. The van der Waals surface area contributed by atoms with E-state index in [2.05, 4.69) is 20.8 Å². The van der Waals surface area contributed by atoms with Gasteiger partial charge in [-0.1, -0.05) is 33.3 Å². The number of fused-ring (bicyclic) bond motifs is 1. The molecule has 3 rings (SSSR count). The highest BCUT2D eigenvalue weighted by molar-refractivity contribution is 7.71. The Morgan fingerprint density at radius 1 is 1.32 bits per heavy atom. The van der Waals surface area contributed by atoms with Gasteiger partial charge < -0.3 is 18.8 Å². The molecule has 1 aliphatic heterocycles. The van der Waals surface area contributed by atoms with Gasteiger partial charge in [0, 0.05) is 0 Å². The summed E-state index contributed by atoms with van der Waals surface area (Å²) in [5.74, 6) is 2.16. The van der Waals surface area contributed by atoms with Gasteiger partial charge in [-0.2, -0.15) is 0 Å². The second-order valence-corrected chi connectivity index (χ2v) is 10.7. The number of rotatable bonds is 3. The third kappa shape index (κ3) is 3.87. The van der Waals surface area contributed by atoms with Gasteiger partial charge in [0.25, 0.3) is 0 Å². The van der Waals surface area contributed by atoms with Crippen LogP contribution in [0.5, 0.6) is 11.5 Å². The van der Waals surface area contributed by atoms with E-state index in [4.69, 9.17) is 14.2 Å². The van der Waals surface area contributed by atoms with Crippen LogP contribution in [0.15, 0.2) is 18.2 Å². The van der Waals surface area contributed by atoms with Gasteiger partial charge in [-0.3, -0.25) is 0 Å². The molecule has 25 heavy (non-hydrogen) atoms. The first-order valence-corrected chi connectivity index (χ1v) is 11.3. The molecule has 4 atom stereocenters. The molecule has 1 aromatic carbocycles. The van der Waals surface area contributed by atoms with Crippen LogP contribution in [-0.4, -0.2) is 25.3 Å². The second kappa shape index (κ2) is 7.03.